The highest BCUT2D eigenvalue weighted by atomic mass is 16.1. The molecule has 1 aromatic carbocycles. The Labute approximate surface area is 116 Å². The number of carbonyl (C=O) groups is 1. The first-order valence-electron chi connectivity index (χ1n) is 6.95. The Bertz CT molecular complexity index is 445. The van der Waals surface area contributed by atoms with Gasteiger partial charge in [-0.05, 0) is 18.0 Å². The van der Waals surface area contributed by atoms with Crippen LogP contribution in [0.25, 0.3) is 0 Å². The Kier molecular flexibility index (Phi) is 4.07. The Morgan fingerprint density at radius 2 is 1.89 bits per heavy atom. The highest BCUT2D eigenvalue weighted by Crippen LogP contribution is 2.22. The Morgan fingerprint density at radius 3 is 2.42 bits per heavy atom. The van der Waals surface area contributed by atoms with Crippen molar-refractivity contribution < 1.29 is 4.79 Å². The van der Waals surface area contributed by atoms with Crippen LogP contribution in [0, 0.1) is 0 Å². The van der Waals surface area contributed by atoms with Crippen molar-refractivity contribution in [3.8, 4) is 0 Å². The SMILES string of the molecule is CN1CCNCC1C(=O)c1ccc(C(C)(C)C)cc1. The molecule has 1 N–H and O–H groups in total. The van der Waals surface area contributed by atoms with Gasteiger partial charge in [0.25, 0.3) is 0 Å². The van der Waals surface area contributed by atoms with E-state index in [1.807, 2.05) is 19.2 Å². The van der Waals surface area contributed by atoms with Crippen LogP contribution < -0.4 is 5.32 Å². The fourth-order valence-electron chi connectivity index (χ4n) is 2.43. The summed E-state index contributed by atoms with van der Waals surface area (Å²) in [6.45, 7) is 9.18. The molecule has 1 aliphatic heterocycles. The number of hydrogen-bond acceptors (Lipinski definition) is 3. The number of nitrogens with one attached hydrogen (secondary N) is 1. The molecular formula is C16H24N2O. The van der Waals surface area contributed by atoms with Crippen molar-refractivity contribution in [2.24, 2.45) is 0 Å². The van der Waals surface area contributed by atoms with Crippen molar-refractivity contribution in [1.29, 1.82) is 0 Å². The highest BCUT2D eigenvalue weighted by molar-refractivity contribution is 6.00. The van der Waals surface area contributed by atoms with Gasteiger partial charge in [-0.3, -0.25) is 9.69 Å². The molecule has 19 heavy (non-hydrogen) atoms. The molecule has 104 valence electrons. The molecule has 1 aliphatic rings. The largest absolute Gasteiger partial charge is 0.313 e. The van der Waals surface area contributed by atoms with E-state index in [-0.39, 0.29) is 17.2 Å². The van der Waals surface area contributed by atoms with E-state index in [9.17, 15) is 4.79 Å². The molecule has 1 unspecified atom stereocenters. The second kappa shape index (κ2) is 5.43. The summed E-state index contributed by atoms with van der Waals surface area (Å²) in [5, 5.41) is 3.29. The lowest BCUT2D eigenvalue weighted by Gasteiger charge is -2.32. The number of Topliss-reactive ketones (excluding diaryl/α,β-unsaturated/α-hetero) is 1. The molecule has 0 bridgehead atoms. The quantitative estimate of drug-likeness (QED) is 0.826. The van der Waals surface area contributed by atoms with Gasteiger partial charge in [-0.1, -0.05) is 45.0 Å². The number of hydrogen-bond donors (Lipinski definition) is 1. The van der Waals surface area contributed by atoms with Crippen molar-refractivity contribution in [2.75, 3.05) is 26.7 Å². The molecule has 0 aliphatic carbocycles. The smallest absolute Gasteiger partial charge is 0.181 e. The summed E-state index contributed by atoms with van der Waals surface area (Å²) in [6, 6.07) is 8.04. The topological polar surface area (TPSA) is 32.3 Å². The second-order valence-electron chi connectivity index (χ2n) is 6.39. The zero-order valence-electron chi connectivity index (χ0n) is 12.4. The van der Waals surface area contributed by atoms with Crippen LogP contribution in [0.2, 0.25) is 0 Å². The van der Waals surface area contributed by atoms with E-state index >= 15 is 0 Å². The summed E-state index contributed by atoms with van der Waals surface area (Å²) in [7, 11) is 2.02. The number of nitrogens with zero attached hydrogens (tertiary/aromatic N) is 1. The average molecular weight is 260 g/mol. The lowest BCUT2D eigenvalue weighted by molar-refractivity contribution is 0.0819. The minimum Gasteiger partial charge on any atom is -0.313 e. The van der Waals surface area contributed by atoms with E-state index in [2.05, 4.69) is 43.1 Å². The summed E-state index contributed by atoms with van der Waals surface area (Å²) in [4.78, 5) is 14.6. The lowest BCUT2D eigenvalue weighted by Crippen LogP contribution is -2.53. The first kappa shape index (κ1) is 14.2. The number of ketones is 1. The number of rotatable bonds is 2. The first-order chi connectivity index (χ1) is 8.89. The zero-order valence-corrected chi connectivity index (χ0v) is 12.4. The van der Waals surface area contributed by atoms with Crippen molar-refractivity contribution in [1.82, 2.24) is 10.2 Å². The van der Waals surface area contributed by atoms with Crippen LogP contribution in [-0.2, 0) is 5.41 Å². The number of likely N-dealkylation sites (N-methyl/N-ethyl adjacent to an activating group) is 1. The van der Waals surface area contributed by atoms with E-state index in [0.29, 0.717) is 0 Å². The van der Waals surface area contributed by atoms with Crippen molar-refractivity contribution >= 4 is 5.78 Å². The summed E-state index contributed by atoms with van der Waals surface area (Å²) in [6.07, 6.45) is 0. The van der Waals surface area contributed by atoms with E-state index in [0.717, 1.165) is 25.2 Å². The molecule has 0 saturated carbocycles. The minimum absolute atomic E-state index is 0.0331. The van der Waals surface area contributed by atoms with E-state index < -0.39 is 0 Å². The third-order valence-corrected chi connectivity index (χ3v) is 3.85. The van der Waals surface area contributed by atoms with Gasteiger partial charge >= 0.3 is 0 Å². The van der Waals surface area contributed by atoms with Crippen LogP contribution in [0.5, 0.6) is 0 Å². The second-order valence-corrected chi connectivity index (χ2v) is 6.39. The van der Waals surface area contributed by atoms with Gasteiger partial charge in [0.05, 0.1) is 6.04 Å². The number of carbonyl (C=O) groups excluding carboxylic acids is 1. The molecule has 3 heteroatoms. The summed E-state index contributed by atoms with van der Waals surface area (Å²) in [5.74, 6) is 0.218. The third kappa shape index (κ3) is 3.23. The van der Waals surface area contributed by atoms with Crippen LogP contribution in [0.4, 0.5) is 0 Å². The molecule has 1 saturated heterocycles. The van der Waals surface area contributed by atoms with Gasteiger partial charge < -0.3 is 5.32 Å². The normalized spacial score (nSPS) is 21.4. The van der Waals surface area contributed by atoms with Crippen molar-refractivity contribution in [3.63, 3.8) is 0 Å². The molecule has 2 rings (SSSR count). The van der Waals surface area contributed by atoms with Gasteiger partial charge in [0.2, 0.25) is 0 Å². The zero-order chi connectivity index (χ0) is 14.0. The van der Waals surface area contributed by atoms with Crippen LogP contribution in [-0.4, -0.2) is 43.4 Å². The van der Waals surface area contributed by atoms with Gasteiger partial charge in [0, 0.05) is 25.2 Å². The lowest BCUT2D eigenvalue weighted by atomic mass is 9.86. The van der Waals surface area contributed by atoms with Gasteiger partial charge in [-0.25, -0.2) is 0 Å². The predicted octanol–water partition coefficient (Wildman–Crippen LogP) is 2.07. The maximum atomic E-state index is 12.5. The molecule has 0 aromatic heterocycles. The van der Waals surface area contributed by atoms with Crippen LogP contribution in [0.15, 0.2) is 24.3 Å². The van der Waals surface area contributed by atoms with Gasteiger partial charge in [0.15, 0.2) is 5.78 Å². The predicted molar refractivity (Wildman–Crippen MR) is 78.8 cm³/mol. The molecule has 3 nitrogen and oxygen atoms in total. The van der Waals surface area contributed by atoms with Crippen LogP contribution in [0.1, 0.15) is 36.7 Å². The molecule has 1 heterocycles. The Morgan fingerprint density at radius 1 is 1.26 bits per heavy atom. The molecule has 1 fully saturated rings. The standard InChI is InChI=1S/C16H24N2O/c1-16(2,3)13-7-5-12(6-8-13)15(19)14-11-17-9-10-18(14)4/h5-8,14,17H,9-11H2,1-4H3. The Balaban J connectivity index is 2.15. The molecule has 1 aromatic rings. The fraction of sp³-hybridized carbons (Fsp3) is 0.562. The van der Waals surface area contributed by atoms with Gasteiger partial charge in [0.1, 0.15) is 0 Å². The average Bonchev–Trinajstić information content (AvgIpc) is 2.38. The molecule has 1 atom stereocenters. The molecular weight excluding hydrogens is 236 g/mol. The van der Waals surface area contributed by atoms with E-state index in [1.54, 1.807) is 0 Å². The summed E-state index contributed by atoms with van der Waals surface area (Å²) in [5.41, 5.74) is 2.21. The number of benzene rings is 1. The summed E-state index contributed by atoms with van der Waals surface area (Å²) < 4.78 is 0. The van der Waals surface area contributed by atoms with Crippen LogP contribution >= 0.6 is 0 Å². The third-order valence-electron chi connectivity index (χ3n) is 3.85. The van der Waals surface area contributed by atoms with E-state index in [4.69, 9.17) is 0 Å². The highest BCUT2D eigenvalue weighted by Gasteiger charge is 2.26. The van der Waals surface area contributed by atoms with Crippen molar-refractivity contribution in [3.05, 3.63) is 35.4 Å². The van der Waals surface area contributed by atoms with Gasteiger partial charge in [-0.15, -0.1) is 0 Å². The molecule has 0 amide bonds. The van der Waals surface area contributed by atoms with Crippen molar-refractivity contribution in [2.45, 2.75) is 32.2 Å². The van der Waals surface area contributed by atoms with Gasteiger partial charge in [-0.2, -0.15) is 0 Å². The number of piperazine rings is 1. The molecule has 0 spiro atoms. The Hall–Kier alpha value is -1.19. The fourth-order valence-corrected chi connectivity index (χ4v) is 2.43. The maximum absolute atomic E-state index is 12.5. The summed E-state index contributed by atoms with van der Waals surface area (Å²) >= 11 is 0. The molecule has 0 radical (unpaired) electrons. The van der Waals surface area contributed by atoms with Crippen LogP contribution in [0.3, 0.4) is 0 Å². The maximum Gasteiger partial charge on any atom is 0.181 e. The monoisotopic (exact) mass is 260 g/mol. The van der Waals surface area contributed by atoms with E-state index in [1.165, 1.54) is 5.56 Å². The minimum atomic E-state index is -0.0331. The first-order valence-corrected chi connectivity index (χ1v) is 6.95.